The number of halogens is 4. The summed E-state index contributed by atoms with van der Waals surface area (Å²) < 4.78 is 92.9. The molecule has 0 saturated heterocycles. The van der Waals surface area contributed by atoms with E-state index in [-0.39, 0.29) is 44.7 Å². The fraction of sp³-hybridized carbons (Fsp3) is 1.00. The summed E-state index contributed by atoms with van der Waals surface area (Å²) in [6, 6.07) is 0. The Kier molecular flexibility index (Phi) is 14.1. The van der Waals surface area contributed by atoms with Gasteiger partial charge in [0, 0.05) is 0 Å². The van der Waals surface area contributed by atoms with Gasteiger partial charge in [-0.2, -0.15) is 13.2 Å². The van der Waals surface area contributed by atoms with Gasteiger partial charge in [-0.25, -0.2) is 27.1 Å². The van der Waals surface area contributed by atoms with Crippen LogP contribution in [0.25, 0.3) is 0 Å². The monoisotopic (exact) mass is 300 g/mol. The third-order valence-electron chi connectivity index (χ3n) is 0.283. The molecule has 0 N–H and O–H groups in total. The molecule has 0 rings (SSSR count). The Balaban J connectivity index is -0.0000000770. The van der Waals surface area contributed by atoms with Crippen LogP contribution in [-0.4, -0.2) is 18.5 Å². The van der Waals surface area contributed by atoms with Crippen molar-refractivity contribution in [3.8, 4) is 0 Å². The standard InChI is InChI=1S/CHF3O3S.ClHO4.Li.Sc/c2-1(3,4)8(5,6)7;2-1(3,4)5;;/h(H,5,6,7);(H,2,3,4,5);;/q;;+1;+3/p-2. The molecule has 0 radical (unpaired) electrons. The van der Waals surface area contributed by atoms with E-state index in [0.717, 1.165) is 0 Å². The van der Waals surface area contributed by atoms with Crippen molar-refractivity contribution in [1.29, 1.82) is 0 Å². The maximum Gasteiger partial charge on any atom is 3.00 e. The van der Waals surface area contributed by atoms with Crippen LogP contribution in [0.15, 0.2) is 0 Å². The summed E-state index contributed by atoms with van der Waals surface area (Å²) in [4.78, 5) is 0. The minimum absolute atomic E-state index is 0. The average Bonchev–Trinajstić information content (AvgIpc) is 1.50. The van der Waals surface area contributed by atoms with Crippen LogP contribution < -0.4 is 37.5 Å². The van der Waals surface area contributed by atoms with Gasteiger partial charge in [-0.3, -0.25) is 0 Å². The Morgan fingerprint density at radius 1 is 1.00 bits per heavy atom. The molecule has 15 heavy (non-hydrogen) atoms. The molecule has 0 aliphatic carbocycles. The van der Waals surface area contributed by atoms with Gasteiger partial charge < -0.3 is 4.55 Å². The maximum absolute atomic E-state index is 10.7. The van der Waals surface area contributed by atoms with Crippen molar-refractivity contribution in [1.82, 2.24) is 0 Å². The third-order valence-corrected chi connectivity index (χ3v) is 0.850. The van der Waals surface area contributed by atoms with E-state index in [1.165, 1.54) is 0 Å². The molecular weight excluding hydrogens is 300 g/mol. The Morgan fingerprint density at radius 3 is 1.07 bits per heavy atom. The van der Waals surface area contributed by atoms with Gasteiger partial charge in [0.15, 0.2) is 10.1 Å². The van der Waals surface area contributed by atoms with Crippen molar-refractivity contribution in [3.63, 3.8) is 0 Å². The minimum atomic E-state index is -6.09. The fourth-order valence-corrected chi connectivity index (χ4v) is 0. The predicted octanol–water partition coefficient (Wildman–Crippen LogP) is -7.70. The summed E-state index contributed by atoms with van der Waals surface area (Å²) in [5, 5.41) is 0. The average molecular weight is 300 g/mol. The zero-order chi connectivity index (χ0) is 11.5. The molecule has 14 heteroatoms. The molecule has 7 nitrogen and oxygen atoms in total. The Morgan fingerprint density at radius 2 is 1.07 bits per heavy atom. The molecule has 0 aromatic heterocycles. The van der Waals surface area contributed by atoms with Crippen LogP contribution in [0, 0.1) is 10.2 Å². The Bertz CT molecular complexity index is 240. The van der Waals surface area contributed by atoms with Crippen LogP contribution in [-0.2, 0) is 36.0 Å². The van der Waals surface area contributed by atoms with Crippen LogP contribution in [0.2, 0.25) is 0 Å². The van der Waals surface area contributed by atoms with Gasteiger partial charge in [0.1, 0.15) is 0 Å². The number of rotatable bonds is 0. The molecule has 0 spiro atoms. The van der Waals surface area contributed by atoms with E-state index < -0.39 is 25.9 Å². The van der Waals surface area contributed by atoms with Crippen LogP contribution in [0.5, 0.6) is 0 Å². The number of alkyl halides is 3. The van der Waals surface area contributed by atoms with Gasteiger partial charge in [0.2, 0.25) is 0 Å². The quantitative estimate of drug-likeness (QED) is 0.245. The molecule has 0 fully saturated rings. The van der Waals surface area contributed by atoms with Crippen LogP contribution >= 0.6 is 0 Å². The smallest absolute Gasteiger partial charge is 0.741 e. The Hall–Kier alpha value is 1.30. The summed E-state index contributed by atoms with van der Waals surface area (Å²) in [6.45, 7) is 0. The normalized spacial score (nSPS) is 11.5. The van der Waals surface area contributed by atoms with E-state index in [2.05, 4.69) is 0 Å². The van der Waals surface area contributed by atoms with Crippen molar-refractivity contribution < 1.29 is 99.7 Å². The van der Waals surface area contributed by atoms with E-state index in [4.69, 9.17) is 31.6 Å². The zero-order valence-corrected chi connectivity index (χ0v) is 10.2. The molecule has 0 saturated carbocycles. The minimum Gasteiger partial charge on any atom is -0.741 e. The predicted molar refractivity (Wildman–Crippen MR) is 15.8 cm³/mol. The maximum atomic E-state index is 10.7. The summed E-state index contributed by atoms with van der Waals surface area (Å²) in [5.74, 6) is 0. The number of hydrogen-bond donors (Lipinski definition) is 0. The van der Waals surface area contributed by atoms with Crippen molar-refractivity contribution in [3.05, 3.63) is 0 Å². The van der Waals surface area contributed by atoms with E-state index in [0.29, 0.717) is 0 Å². The molecule has 0 aliphatic heterocycles. The van der Waals surface area contributed by atoms with Crippen molar-refractivity contribution >= 4 is 10.1 Å². The summed E-state index contributed by atoms with van der Waals surface area (Å²) in [5.41, 5.74) is -5.65. The van der Waals surface area contributed by atoms with Gasteiger partial charge in [-0.15, -0.1) is 10.2 Å². The van der Waals surface area contributed by atoms with Crippen molar-refractivity contribution in [2.24, 2.45) is 0 Å². The van der Waals surface area contributed by atoms with Gasteiger partial charge in [-0.05, 0) is 0 Å². The topological polar surface area (TPSA) is 149 Å². The molecular formula is CClF3LiO7SSc+2. The van der Waals surface area contributed by atoms with Gasteiger partial charge >= 0.3 is 50.2 Å². The summed E-state index contributed by atoms with van der Waals surface area (Å²) in [6.07, 6.45) is 0. The van der Waals surface area contributed by atoms with E-state index >= 15 is 0 Å². The second-order valence-corrected chi connectivity index (χ2v) is 3.40. The van der Waals surface area contributed by atoms with Crippen molar-refractivity contribution in [2.75, 3.05) is 0 Å². The Labute approximate surface area is 115 Å². The molecule has 82 valence electrons. The van der Waals surface area contributed by atoms with Crippen LogP contribution in [0.3, 0.4) is 0 Å². The first-order chi connectivity index (χ1) is 5.25. The molecule has 0 amide bonds. The largest absolute Gasteiger partial charge is 3.00 e. The van der Waals surface area contributed by atoms with E-state index in [1.54, 1.807) is 0 Å². The summed E-state index contributed by atoms with van der Waals surface area (Å²) in [7, 11) is -11.0. The zero-order valence-electron chi connectivity index (χ0n) is 6.86. The first-order valence-electron chi connectivity index (χ1n) is 1.89. The fourth-order valence-electron chi connectivity index (χ4n) is 0. The molecule has 0 atom stereocenters. The SMILES string of the molecule is O=S(=O)([O-])C(F)(F)F.[Li+].[O-][Cl+3]([O-])([O-])[O-].[Sc+3]. The van der Waals surface area contributed by atoms with Crippen molar-refractivity contribution in [2.45, 2.75) is 5.51 Å². The second-order valence-electron chi connectivity index (χ2n) is 1.28. The molecule has 0 aromatic carbocycles. The first kappa shape index (κ1) is 25.2. The van der Waals surface area contributed by atoms with Crippen LogP contribution in [0.1, 0.15) is 0 Å². The molecule has 0 heterocycles. The van der Waals surface area contributed by atoms with E-state index in [9.17, 15) is 13.2 Å². The molecule has 0 unspecified atom stereocenters. The van der Waals surface area contributed by atoms with Gasteiger partial charge in [0.25, 0.3) is 0 Å². The molecule has 0 aromatic rings. The van der Waals surface area contributed by atoms with Crippen LogP contribution in [0.4, 0.5) is 13.2 Å². The number of hydrogen-bond acceptors (Lipinski definition) is 7. The first-order valence-corrected chi connectivity index (χ1v) is 4.53. The molecule has 0 bridgehead atoms. The summed E-state index contributed by atoms with van der Waals surface area (Å²) >= 11 is 0. The second kappa shape index (κ2) is 8.40. The third kappa shape index (κ3) is 25.5. The molecule has 0 aliphatic rings. The van der Waals surface area contributed by atoms with E-state index in [1.807, 2.05) is 0 Å². The van der Waals surface area contributed by atoms with Gasteiger partial charge in [0.05, 0.1) is 0 Å². The van der Waals surface area contributed by atoms with Gasteiger partial charge in [-0.1, -0.05) is 0 Å².